The van der Waals surface area contributed by atoms with Gasteiger partial charge in [-0.05, 0) is 39.3 Å². The molecule has 29 heavy (non-hydrogen) atoms. The number of carbonyl (C=O) groups is 2. The van der Waals surface area contributed by atoms with Crippen LogP contribution in [0.1, 0.15) is 39.3 Å². The van der Waals surface area contributed by atoms with Crippen LogP contribution in [0.2, 0.25) is 0 Å². The number of rotatable bonds is 8. The van der Waals surface area contributed by atoms with Gasteiger partial charge in [0, 0.05) is 11.1 Å². The first-order valence-electron chi connectivity index (χ1n) is 8.89. The predicted molar refractivity (Wildman–Crippen MR) is 109 cm³/mol. The van der Waals surface area contributed by atoms with Gasteiger partial charge in [-0.25, -0.2) is 4.79 Å². The molecule has 3 aromatic rings. The molecule has 3 aromatic heterocycles. The van der Waals surface area contributed by atoms with Gasteiger partial charge in [0.05, 0.1) is 23.6 Å². The summed E-state index contributed by atoms with van der Waals surface area (Å²) in [5.74, 6) is -0.233. The number of thiophene rings is 1. The molecule has 154 valence electrons. The van der Waals surface area contributed by atoms with Crippen molar-refractivity contribution in [2.45, 2.75) is 39.5 Å². The SMILES string of the molecule is CCOC(=O)c1c(NC(=O)CSc2nnc(Cn3ccc(C)n3)o2)sc(C)c1C. The summed E-state index contributed by atoms with van der Waals surface area (Å²) in [5.41, 5.74) is 2.12. The van der Waals surface area contributed by atoms with Crippen LogP contribution in [0.25, 0.3) is 0 Å². The van der Waals surface area contributed by atoms with E-state index in [0.717, 1.165) is 27.9 Å². The zero-order valence-corrected chi connectivity index (χ0v) is 18.1. The van der Waals surface area contributed by atoms with E-state index < -0.39 is 5.97 Å². The van der Waals surface area contributed by atoms with Crippen molar-refractivity contribution in [3.63, 3.8) is 0 Å². The number of hydrogen-bond acceptors (Lipinski definition) is 9. The summed E-state index contributed by atoms with van der Waals surface area (Å²) in [6, 6.07) is 1.88. The second-order valence-corrected chi connectivity index (χ2v) is 8.31. The normalized spacial score (nSPS) is 10.9. The van der Waals surface area contributed by atoms with Gasteiger partial charge < -0.3 is 14.5 Å². The lowest BCUT2D eigenvalue weighted by Gasteiger charge is -2.06. The van der Waals surface area contributed by atoms with Gasteiger partial charge in [0.2, 0.25) is 11.8 Å². The zero-order valence-electron chi connectivity index (χ0n) is 16.5. The number of esters is 1. The number of hydrogen-bond donors (Lipinski definition) is 1. The fourth-order valence-corrected chi connectivity index (χ4v) is 4.15. The smallest absolute Gasteiger partial charge is 0.341 e. The molecule has 11 heteroatoms. The predicted octanol–water partition coefficient (Wildman–Crippen LogP) is 3.21. The molecule has 0 aliphatic carbocycles. The highest BCUT2D eigenvalue weighted by atomic mass is 32.2. The lowest BCUT2D eigenvalue weighted by Crippen LogP contribution is -2.16. The Morgan fingerprint density at radius 2 is 2.10 bits per heavy atom. The Hall–Kier alpha value is -2.66. The Bertz CT molecular complexity index is 1020. The summed E-state index contributed by atoms with van der Waals surface area (Å²) < 4.78 is 12.3. The second kappa shape index (κ2) is 9.23. The highest BCUT2D eigenvalue weighted by Gasteiger charge is 2.22. The maximum Gasteiger partial charge on any atom is 0.341 e. The van der Waals surface area contributed by atoms with E-state index >= 15 is 0 Å². The molecule has 0 bridgehead atoms. The Labute approximate surface area is 175 Å². The maximum absolute atomic E-state index is 12.4. The number of aryl methyl sites for hydroxylation is 2. The van der Waals surface area contributed by atoms with Crippen LogP contribution < -0.4 is 5.32 Å². The highest BCUT2D eigenvalue weighted by molar-refractivity contribution is 7.99. The Morgan fingerprint density at radius 1 is 1.31 bits per heavy atom. The van der Waals surface area contributed by atoms with Gasteiger partial charge in [-0.2, -0.15) is 5.10 Å². The van der Waals surface area contributed by atoms with Crippen molar-refractivity contribution < 1.29 is 18.7 Å². The van der Waals surface area contributed by atoms with Crippen LogP contribution in [0.15, 0.2) is 21.9 Å². The van der Waals surface area contributed by atoms with E-state index in [1.54, 1.807) is 11.6 Å². The minimum Gasteiger partial charge on any atom is -0.462 e. The van der Waals surface area contributed by atoms with Crippen molar-refractivity contribution in [3.8, 4) is 0 Å². The van der Waals surface area contributed by atoms with Gasteiger partial charge >= 0.3 is 5.97 Å². The lowest BCUT2D eigenvalue weighted by atomic mass is 10.1. The molecule has 0 aliphatic heterocycles. The van der Waals surface area contributed by atoms with Crippen LogP contribution in [0.3, 0.4) is 0 Å². The third-order valence-corrected chi connectivity index (χ3v) is 5.91. The molecule has 0 saturated carbocycles. The van der Waals surface area contributed by atoms with Crippen molar-refractivity contribution in [2.75, 3.05) is 17.7 Å². The van der Waals surface area contributed by atoms with Gasteiger partial charge in [-0.1, -0.05) is 11.8 Å². The minimum absolute atomic E-state index is 0.0702. The number of amides is 1. The molecule has 3 rings (SSSR count). The van der Waals surface area contributed by atoms with Crippen molar-refractivity contribution in [1.29, 1.82) is 0 Å². The monoisotopic (exact) mass is 435 g/mol. The van der Waals surface area contributed by atoms with Crippen LogP contribution in [0, 0.1) is 20.8 Å². The van der Waals surface area contributed by atoms with Crippen LogP contribution >= 0.6 is 23.1 Å². The third-order valence-electron chi connectivity index (χ3n) is 3.96. The Balaban J connectivity index is 1.58. The number of ether oxygens (including phenoxy) is 1. The quantitative estimate of drug-likeness (QED) is 0.424. The van der Waals surface area contributed by atoms with E-state index in [2.05, 4.69) is 20.6 Å². The average molecular weight is 436 g/mol. The third kappa shape index (κ3) is 5.24. The molecule has 0 spiro atoms. The number of nitrogens with one attached hydrogen (secondary N) is 1. The first-order chi connectivity index (χ1) is 13.9. The fraction of sp³-hybridized carbons (Fsp3) is 0.389. The molecule has 0 aromatic carbocycles. The summed E-state index contributed by atoms with van der Waals surface area (Å²) in [6.07, 6.45) is 1.83. The van der Waals surface area contributed by atoms with Crippen LogP contribution in [0.4, 0.5) is 5.00 Å². The fourth-order valence-electron chi connectivity index (χ4n) is 2.50. The molecule has 1 amide bonds. The summed E-state index contributed by atoms with van der Waals surface area (Å²) in [5, 5.41) is 15.7. The molecular formula is C18H21N5O4S2. The van der Waals surface area contributed by atoms with E-state index in [1.165, 1.54) is 11.3 Å². The average Bonchev–Trinajstić information content (AvgIpc) is 3.35. The number of carbonyl (C=O) groups excluding carboxylic acids is 2. The molecule has 1 N–H and O–H groups in total. The van der Waals surface area contributed by atoms with E-state index in [0.29, 0.717) is 28.2 Å². The first kappa shape index (κ1) is 21.1. The molecule has 0 saturated heterocycles. The lowest BCUT2D eigenvalue weighted by molar-refractivity contribution is -0.113. The Kier molecular flexibility index (Phi) is 6.70. The van der Waals surface area contributed by atoms with Gasteiger partial charge in [0.15, 0.2) is 0 Å². The molecule has 0 atom stereocenters. The molecule has 9 nitrogen and oxygen atoms in total. The van der Waals surface area contributed by atoms with Gasteiger partial charge in [-0.15, -0.1) is 21.5 Å². The van der Waals surface area contributed by atoms with Gasteiger partial charge in [0.25, 0.3) is 5.22 Å². The van der Waals surface area contributed by atoms with Crippen molar-refractivity contribution in [2.24, 2.45) is 0 Å². The van der Waals surface area contributed by atoms with Crippen LogP contribution in [0.5, 0.6) is 0 Å². The van der Waals surface area contributed by atoms with Crippen molar-refractivity contribution in [1.82, 2.24) is 20.0 Å². The standard InChI is InChI=1S/C18H21N5O4S2/c1-5-26-17(25)15-11(3)12(4)29-16(15)19-13(24)9-28-18-21-20-14(27-18)8-23-7-6-10(2)22-23/h6-7H,5,8-9H2,1-4H3,(H,19,24). The molecule has 3 heterocycles. The number of thioether (sulfide) groups is 1. The Morgan fingerprint density at radius 3 is 2.79 bits per heavy atom. The molecular weight excluding hydrogens is 414 g/mol. The first-order valence-corrected chi connectivity index (χ1v) is 10.7. The molecule has 0 radical (unpaired) electrons. The second-order valence-electron chi connectivity index (χ2n) is 6.16. The summed E-state index contributed by atoms with van der Waals surface area (Å²) in [4.78, 5) is 25.5. The number of nitrogens with zero attached hydrogens (tertiary/aromatic N) is 4. The topological polar surface area (TPSA) is 112 Å². The molecule has 0 unspecified atom stereocenters. The number of aromatic nitrogens is 4. The molecule has 0 fully saturated rings. The maximum atomic E-state index is 12.4. The zero-order chi connectivity index (χ0) is 21.0. The van der Waals surface area contributed by atoms with E-state index in [1.807, 2.05) is 33.0 Å². The minimum atomic E-state index is -0.437. The van der Waals surface area contributed by atoms with Crippen molar-refractivity contribution in [3.05, 3.63) is 39.9 Å². The van der Waals surface area contributed by atoms with Crippen LogP contribution in [-0.4, -0.2) is 44.2 Å². The number of anilines is 1. The van der Waals surface area contributed by atoms with E-state index in [4.69, 9.17) is 9.15 Å². The summed E-state index contributed by atoms with van der Waals surface area (Å²) in [7, 11) is 0. The summed E-state index contributed by atoms with van der Waals surface area (Å²) >= 11 is 2.48. The van der Waals surface area contributed by atoms with Crippen LogP contribution in [-0.2, 0) is 16.1 Å². The highest BCUT2D eigenvalue weighted by Crippen LogP contribution is 2.33. The molecule has 0 aliphatic rings. The largest absolute Gasteiger partial charge is 0.462 e. The van der Waals surface area contributed by atoms with E-state index in [-0.39, 0.29) is 18.3 Å². The van der Waals surface area contributed by atoms with Crippen molar-refractivity contribution >= 4 is 40.0 Å². The van der Waals surface area contributed by atoms with Gasteiger partial charge in [0.1, 0.15) is 11.5 Å². The summed E-state index contributed by atoms with van der Waals surface area (Å²) in [6.45, 7) is 8.01. The van der Waals surface area contributed by atoms with E-state index in [9.17, 15) is 9.59 Å². The van der Waals surface area contributed by atoms with Gasteiger partial charge in [-0.3, -0.25) is 9.48 Å².